The molecular formula is C15H18BrNO2. The van der Waals surface area contributed by atoms with Gasteiger partial charge < -0.3 is 10.0 Å². The number of halogens is 1. The minimum absolute atomic E-state index is 0.302. The van der Waals surface area contributed by atoms with E-state index in [4.69, 9.17) is 5.11 Å². The van der Waals surface area contributed by atoms with Crippen molar-refractivity contribution in [3.8, 4) is 0 Å². The first kappa shape index (κ1) is 15.5. The Morgan fingerprint density at radius 2 is 2.21 bits per heavy atom. The van der Waals surface area contributed by atoms with Crippen LogP contribution >= 0.6 is 15.9 Å². The van der Waals surface area contributed by atoms with Crippen LogP contribution in [-0.4, -0.2) is 23.7 Å². The fourth-order valence-corrected chi connectivity index (χ4v) is 2.19. The molecule has 0 bridgehead atoms. The number of nitrogens with zero attached hydrogens (tertiary/aromatic N) is 1. The van der Waals surface area contributed by atoms with Crippen LogP contribution in [0.15, 0.2) is 41.4 Å². The Bertz CT molecular complexity index is 495. The number of anilines is 1. The van der Waals surface area contributed by atoms with Crippen molar-refractivity contribution in [2.24, 2.45) is 0 Å². The van der Waals surface area contributed by atoms with Gasteiger partial charge in [0.25, 0.3) is 0 Å². The lowest BCUT2D eigenvalue weighted by Gasteiger charge is -2.29. The van der Waals surface area contributed by atoms with E-state index in [9.17, 15) is 4.79 Å². The fourth-order valence-electron chi connectivity index (χ4n) is 1.81. The molecule has 0 aliphatic rings. The number of benzene rings is 1. The zero-order chi connectivity index (χ0) is 14.4. The van der Waals surface area contributed by atoms with Gasteiger partial charge in [0, 0.05) is 28.8 Å². The van der Waals surface area contributed by atoms with Crippen LogP contribution in [0, 0.1) is 0 Å². The smallest absolute Gasteiger partial charge is 0.328 e. The number of aliphatic carboxylic acids is 1. The number of hydrogen-bond acceptors (Lipinski definition) is 2. The third kappa shape index (κ3) is 4.56. The summed E-state index contributed by atoms with van der Waals surface area (Å²) in [6.45, 7) is 8.67. The molecule has 0 saturated carbocycles. The quantitative estimate of drug-likeness (QED) is 0.636. The summed E-state index contributed by atoms with van der Waals surface area (Å²) in [6, 6.07) is 6.14. The molecule has 0 radical (unpaired) electrons. The molecule has 1 aromatic carbocycles. The van der Waals surface area contributed by atoms with E-state index in [0.29, 0.717) is 12.6 Å². The third-order valence-corrected chi connectivity index (χ3v) is 3.15. The van der Waals surface area contributed by atoms with Crippen molar-refractivity contribution in [1.29, 1.82) is 0 Å². The summed E-state index contributed by atoms with van der Waals surface area (Å²) in [5.41, 5.74) is 1.86. The van der Waals surface area contributed by atoms with Crippen LogP contribution in [0.3, 0.4) is 0 Å². The average Bonchev–Trinajstić information content (AvgIpc) is 2.34. The second-order valence-electron chi connectivity index (χ2n) is 4.41. The van der Waals surface area contributed by atoms with Gasteiger partial charge in [-0.05, 0) is 43.7 Å². The third-order valence-electron chi connectivity index (χ3n) is 2.65. The standard InChI is InChI=1S/C15H18BrNO2/c1-4-9-17(11(2)3)14-7-6-13(16)10-12(14)5-8-15(18)19/h4-8,10-11H,1,9H2,2-3H3,(H,18,19)/b8-5+. The van der Waals surface area contributed by atoms with Crippen molar-refractivity contribution in [2.45, 2.75) is 19.9 Å². The van der Waals surface area contributed by atoms with E-state index in [2.05, 4.69) is 41.3 Å². The molecule has 1 N–H and O–H groups in total. The van der Waals surface area contributed by atoms with Gasteiger partial charge >= 0.3 is 5.97 Å². The molecule has 0 heterocycles. The molecule has 0 aromatic heterocycles. The van der Waals surface area contributed by atoms with Crippen LogP contribution in [0.25, 0.3) is 6.08 Å². The van der Waals surface area contributed by atoms with Gasteiger partial charge in [0.15, 0.2) is 0 Å². The number of rotatable bonds is 6. The van der Waals surface area contributed by atoms with E-state index in [1.165, 1.54) is 0 Å². The summed E-state index contributed by atoms with van der Waals surface area (Å²) < 4.78 is 0.920. The monoisotopic (exact) mass is 323 g/mol. The van der Waals surface area contributed by atoms with Crippen LogP contribution in [0.4, 0.5) is 5.69 Å². The summed E-state index contributed by atoms with van der Waals surface area (Å²) in [7, 11) is 0. The first-order valence-corrected chi connectivity index (χ1v) is 6.83. The highest BCUT2D eigenvalue weighted by molar-refractivity contribution is 9.10. The minimum atomic E-state index is -0.953. The molecule has 0 spiro atoms. The molecule has 0 unspecified atom stereocenters. The Balaban J connectivity index is 3.24. The van der Waals surface area contributed by atoms with Gasteiger partial charge in [-0.25, -0.2) is 4.79 Å². The van der Waals surface area contributed by atoms with Gasteiger partial charge in [0.05, 0.1) is 0 Å². The molecule has 1 aromatic rings. The zero-order valence-electron chi connectivity index (χ0n) is 11.1. The Morgan fingerprint density at radius 1 is 1.53 bits per heavy atom. The predicted molar refractivity (Wildman–Crippen MR) is 83.5 cm³/mol. The second kappa shape index (κ2) is 7.14. The molecule has 0 saturated heterocycles. The lowest BCUT2D eigenvalue weighted by atomic mass is 10.1. The van der Waals surface area contributed by atoms with E-state index < -0.39 is 5.97 Å². The first-order valence-electron chi connectivity index (χ1n) is 6.03. The first-order chi connectivity index (χ1) is 8.95. The number of carboxylic acids is 1. The summed E-state index contributed by atoms with van der Waals surface area (Å²) in [5.74, 6) is -0.953. The topological polar surface area (TPSA) is 40.5 Å². The van der Waals surface area contributed by atoms with Crippen molar-refractivity contribution in [3.05, 3.63) is 47.0 Å². The van der Waals surface area contributed by atoms with E-state index in [1.807, 2.05) is 24.3 Å². The maximum Gasteiger partial charge on any atom is 0.328 e. The van der Waals surface area contributed by atoms with Gasteiger partial charge in [-0.3, -0.25) is 0 Å². The summed E-state index contributed by atoms with van der Waals surface area (Å²) in [4.78, 5) is 12.8. The summed E-state index contributed by atoms with van der Waals surface area (Å²) in [5, 5.41) is 8.76. The second-order valence-corrected chi connectivity index (χ2v) is 5.33. The number of carbonyl (C=O) groups is 1. The van der Waals surface area contributed by atoms with Crippen molar-refractivity contribution < 1.29 is 9.90 Å². The number of hydrogen-bond donors (Lipinski definition) is 1. The molecule has 102 valence electrons. The molecule has 0 aliphatic heterocycles. The van der Waals surface area contributed by atoms with Crippen molar-refractivity contribution in [3.63, 3.8) is 0 Å². The highest BCUT2D eigenvalue weighted by atomic mass is 79.9. The van der Waals surface area contributed by atoms with Gasteiger partial charge in [0.2, 0.25) is 0 Å². The zero-order valence-corrected chi connectivity index (χ0v) is 12.7. The molecule has 0 aliphatic carbocycles. The van der Waals surface area contributed by atoms with Crippen molar-refractivity contribution in [2.75, 3.05) is 11.4 Å². The Hall–Kier alpha value is -1.55. The fraction of sp³-hybridized carbons (Fsp3) is 0.267. The van der Waals surface area contributed by atoms with Crippen LogP contribution in [0.5, 0.6) is 0 Å². The molecule has 4 heteroatoms. The largest absolute Gasteiger partial charge is 0.478 e. The predicted octanol–water partition coefficient (Wildman–Crippen LogP) is 3.95. The summed E-state index contributed by atoms with van der Waals surface area (Å²) in [6.07, 6.45) is 4.60. The van der Waals surface area contributed by atoms with Gasteiger partial charge in [-0.1, -0.05) is 22.0 Å². The molecule has 0 atom stereocenters. The van der Waals surface area contributed by atoms with Crippen LogP contribution < -0.4 is 4.90 Å². The van der Waals surface area contributed by atoms with E-state index in [0.717, 1.165) is 21.8 Å². The van der Waals surface area contributed by atoms with E-state index in [1.54, 1.807) is 6.08 Å². The van der Waals surface area contributed by atoms with E-state index >= 15 is 0 Å². The minimum Gasteiger partial charge on any atom is -0.478 e. The Morgan fingerprint density at radius 3 is 2.74 bits per heavy atom. The van der Waals surface area contributed by atoms with Gasteiger partial charge in [0.1, 0.15) is 0 Å². The highest BCUT2D eigenvalue weighted by Gasteiger charge is 2.12. The molecule has 19 heavy (non-hydrogen) atoms. The van der Waals surface area contributed by atoms with Gasteiger partial charge in [-0.15, -0.1) is 6.58 Å². The highest BCUT2D eigenvalue weighted by Crippen LogP contribution is 2.27. The summed E-state index contributed by atoms with van der Waals surface area (Å²) >= 11 is 3.41. The van der Waals surface area contributed by atoms with Crippen LogP contribution in [0.2, 0.25) is 0 Å². The maximum absolute atomic E-state index is 10.7. The number of carboxylic acid groups (broad SMARTS) is 1. The molecule has 1 rings (SSSR count). The lowest BCUT2D eigenvalue weighted by Crippen LogP contribution is -2.31. The van der Waals surface area contributed by atoms with Crippen molar-refractivity contribution in [1.82, 2.24) is 0 Å². The lowest BCUT2D eigenvalue weighted by molar-refractivity contribution is -0.131. The average molecular weight is 324 g/mol. The molecule has 0 amide bonds. The van der Waals surface area contributed by atoms with Crippen LogP contribution in [-0.2, 0) is 4.79 Å². The van der Waals surface area contributed by atoms with E-state index in [-0.39, 0.29) is 0 Å². The Labute approximate surface area is 122 Å². The van der Waals surface area contributed by atoms with Crippen LogP contribution in [0.1, 0.15) is 19.4 Å². The van der Waals surface area contributed by atoms with Gasteiger partial charge in [-0.2, -0.15) is 0 Å². The maximum atomic E-state index is 10.7. The molecule has 3 nitrogen and oxygen atoms in total. The normalized spacial score (nSPS) is 10.9. The molecular weight excluding hydrogens is 306 g/mol. The molecule has 0 fully saturated rings. The Kier molecular flexibility index (Phi) is 5.83. The SMILES string of the molecule is C=CCN(c1ccc(Br)cc1/C=C/C(=O)O)C(C)C. The van der Waals surface area contributed by atoms with Crippen molar-refractivity contribution >= 4 is 33.7 Å².